The molecule has 0 aromatic heterocycles. The molecule has 1 aliphatic rings. The van der Waals surface area contributed by atoms with Crippen LogP contribution in [0.25, 0.3) is 0 Å². The first-order chi connectivity index (χ1) is 8.27. The van der Waals surface area contributed by atoms with Crippen LogP contribution in [-0.4, -0.2) is 19.0 Å². The first-order valence-corrected chi connectivity index (χ1v) is 7.25. The Hall–Kier alpha value is -0.570. The Kier molecular flexibility index (Phi) is 7.25. The van der Waals surface area contributed by atoms with Crippen molar-refractivity contribution in [1.29, 1.82) is 0 Å². The van der Waals surface area contributed by atoms with E-state index in [4.69, 9.17) is 5.73 Å². The average molecular weight is 240 g/mol. The van der Waals surface area contributed by atoms with Crippen LogP contribution in [0.3, 0.4) is 0 Å². The zero-order valence-electron chi connectivity index (χ0n) is 11.2. The zero-order valence-corrected chi connectivity index (χ0v) is 11.2. The van der Waals surface area contributed by atoms with Crippen LogP contribution < -0.4 is 11.1 Å². The van der Waals surface area contributed by atoms with E-state index in [0.717, 1.165) is 44.7 Å². The predicted octanol–water partition coefficient (Wildman–Crippen LogP) is 2.45. The monoisotopic (exact) mass is 240 g/mol. The minimum Gasteiger partial charge on any atom is -0.356 e. The van der Waals surface area contributed by atoms with Gasteiger partial charge in [-0.05, 0) is 38.1 Å². The second-order valence-electron chi connectivity index (χ2n) is 5.28. The summed E-state index contributed by atoms with van der Waals surface area (Å²) < 4.78 is 0. The molecule has 3 heteroatoms. The Balaban J connectivity index is 2.20. The van der Waals surface area contributed by atoms with Crippen LogP contribution >= 0.6 is 0 Å². The van der Waals surface area contributed by atoms with Gasteiger partial charge in [0.2, 0.25) is 5.91 Å². The average Bonchev–Trinajstić information content (AvgIpc) is 2.84. The van der Waals surface area contributed by atoms with Crippen molar-refractivity contribution in [3.63, 3.8) is 0 Å². The molecule has 3 N–H and O–H groups in total. The number of amides is 1. The lowest BCUT2D eigenvalue weighted by Crippen LogP contribution is -2.32. The van der Waals surface area contributed by atoms with E-state index in [0.29, 0.717) is 0 Å². The number of carbonyl (C=O) groups is 1. The first-order valence-electron chi connectivity index (χ1n) is 7.25. The Morgan fingerprint density at radius 3 is 2.65 bits per heavy atom. The van der Waals surface area contributed by atoms with E-state index in [1.807, 2.05) is 0 Å². The van der Waals surface area contributed by atoms with Gasteiger partial charge in [0.1, 0.15) is 0 Å². The molecule has 0 aliphatic heterocycles. The Bertz CT molecular complexity index is 212. The number of hydrogen-bond donors (Lipinski definition) is 2. The summed E-state index contributed by atoms with van der Waals surface area (Å²) in [5.41, 5.74) is 5.43. The summed E-state index contributed by atoms with van der Waals surface area (Å²) in [6.45, 7) is 3.63. The van der Waals surface area contributed by atoms with Gasteiger partial charge in [-0.25, -0.2) is 0 Å². The minimum absolute atomic E-state index is 0.232. The summed E-state index contributed by atoms with van der Waals surface area (Å²) in [7, 11) is 0. The molecule has 1 rings (SSSR count). The molecule has 0 heterocycles. The largest absolute Gasteiger partial charge is 0.356 e. The highest BCUT2D eigenvalue weighted by Crippen LogP contribution is 2.31. The quantitative estimate of drug-likeness (QED) is 0.640. The number of unbranched alkanes of at least 4 members (excludes halogenated alkanes) is 1. The van der Waals surface area contributed by atoms with Crippen molar-refractivity contribution in [3.05, 3.63) is 0 Å². The van der Waals surface area contributed by atoms with E-state index in [-0.39, 0.29) is 11.8 Å². The molecule has 1 amide bonds. The number of rotatable bonds is 8. The first kappa shape index (κ1) is 14.5. The Labute approximate surface area is 106 Å². The molecule has 0 bridgehead atoms. The third-order valence-corrected chi connectivity index (χ3v) is 3.89. The zero-order chi connectivity index (χ0) is 12.5. The van der Waals surface area contributed by atoms with Gasteiger partial charge in [0, 0.05) is 12.5 Å². The molecule has 0 aromatic rings. The fourth-order valence-corrected chi connectivity index (χ4v) is 2.73. The summed E-state index contributed by atoms with van der Waals surface area (Å²) >= 11 is 0. The van der Waals surface area contributed by atoms with Crippen molar-refractivity contribution >= 4 is 5.91 Å². The lowest BCUT2D eigenvalue weighted by molar-refractivity contribution is -0.125. The van der Waals surface area contributed by atoms with Crippen molar-refractivity contribution in [1.82, 2.24) is 5.32 Å². The maximum atomic E-state index is 12.0. The smallest absolute Gasteiger partial charge is 0.223 e. The van der Waals surface area contributed by atoms with Crippen LogP contribution in [-0.2, 0) is 4.79 Å². The van der Waals surface area contributed by atoms with Crippen LogP contribution in [0.15, 0.2) is 0 Å². The molecule has 0 aromatic carbocycles. The number of nitrogens with one attached hydrogen (secondary N) is 1. The Morgan fingerprint density at radius 2 is 2.06 bits per heavy atom. The van der Waals surface area contributed by atoms with Gasteiger partial charge in [0.15, 0.2) is 0 Å². The SMILES string of the molecule is CCC(CC1CCCC1)C(=O)NCCCCN. The maximum Gasteiger partial charge on any atom is 0.223 e. The lowest BCUT2D eigenvalue weighted by Gasteiger charge is -2.18. The van der Waals surface area contributed by atoms with Gasteiger partial charge >= 0.3 is 0 Å². The highest BCUT2D eigenvalue weighted by atomic mass is 16.1. The van der Waals surface area contributed by atoms with Gasteiger partial charge in [-0.2, -0.15) is 0 Å². The molecule has 1 unspecified atom stereocenters. The standard InChI is InChI=1S/C14H28N2O/c1-2-13(11-12-7-3-4-8-12)14(17)16-10-6-5-9-15/h12-13H,2-11,15H2,1H3,(H,16,17). The highest BCUT2D eigenvalue weighted by Gasteiger charge is 2.23. The summed E-state index contributed by atoms with van der Waals surface area (Å²) in [5, 5.41) is 3.05. The summed E-state index contributed by atoms with van der Waals surface area (Å²) in [6, 6.07) is 0. The van der Waals surface area contributed by atoms with E-state index in [9.17, 15) is 4.79 Å². The molecule has 17 heavy (non-hydrogen) atoms. The molecule has 1 atom stereocenters. The van der Waals surface area contributed by atoms with E-state index >= 15 is 0 Å². The van der Waals surface area contributed by atoms with Crippen molar-refractivity contribution in [3.8, 4) is 0 Å². The molecule has 1 aliphatic carbocycles. The molecule has 3 nitrogen and oxygen atoms in total. The van der Waals surface area contributed by atoms with Crippen molar-refractivity contribution < 1.29 is 4.79 Å². The fourth-order valence-electron chi connectivity index (χ4n) is 2.73. The minimum atomic E-state index is 0.232. The molecular weight excluding hydrogens is 212 g/mol. The molecule has 0 radical (unpaired) electrons. The predicted molar refractivity (Wildman–Crippen MR) is 71.7 cm³/mol. The Morgan fingerprint density at radius 1 is 1.35 bits per heavy atom. The fraction of sp³-hybridized carbons (Fsp3) is 0.929. The van der Waals surface area contributed by atoms with Gasteiger partial charge in [0.25, 0.3) is 0 Å². The van der Waals surface area contributed by atoms with Gasteiger partial charge in [-0.15, -0.1) is 0 Å². The maximum absolute atomic E-state index is 12.0. The number of hydrogen-bond acceptors (Lipinski definition) is 2. The van der Waals surface area contributed by atoms with Gasteiger partial charge in [-0.3, -0.25) is 4.79 Å². The molecule has 0 spiro atoms. The molecule has 0 saturated heterocycles. The van der Waals surface area contributed by atoms with Crippen LogP contribution in [0.4, 0.5) is 0 Å². The molecule has 100 valence electrons. The summed E-state index contributed by atoms with van der Waals surface area (Å²) in [5.74, 6) is 1.29. The lowest BCUT2D eigenvalue weighted by atomic mass is 9.91. The third-order valence-electron chi connectivity index (χ3n) is 3.89. The molecule has 1 fully saturated rings. The van der Waals surface area contributed by atoms with Gasteiger partial charge < -0.3 is 11.1 Å². The van der Waals surface area contributed by atoms with Crippen molar-refractivity contribution in [2.75, 3.05) is 13.1 Å². The normalized spacial score (nSPS) is 18.2. The van der Waals surface area contributed by atoms with E-state index in [1.54, 1.807) is 0 Å². The van der Waals surface area contributed by atoms with Crippen molar-refractivity contribution in [2.45, 2.75) is 58.3 Å². The summed E-state index contributed by atoms with van der Waals surface area (Å²) in [6.07, 6.45) is 9.45. The highest BCUT2D eigenvalue weighted by molar-refractivity contribution is 5.78. The van der Waals surface area contributed by atoms with E-state index in [1.165, 1.54) is 25.7 Å². The van der Waals surface area contributed by atoms with Crippen LogP contribution in [0.2, 0.25) is 0 Å². The van der Waals surface area contributed by atoms with E-state index in [2.05, 4.69) is 12.2 Å². The van der Waals surface area contributed by atoms with Crippen LogP contribution in [0, 0.1) is 11.8 Å². The number of nitrogens with two attached hydrogens (primary N) is 1. The van der Waals surface area contributed by atoms with Crippen LogP contribution in [0.5, 0.6) is 0 Å². The van der Waals surface area contributed by atoms with Gasteiger partial charge in [-0.1, -0.05) is 32.6 Å². The van der Waals surface area contributed by atoms with Crippen LogP contribution in [0.1, 0.15) is 58.3 Å². The molecular formula is C14H28N2O. The summed E-state index contributed by atoms with van der Waals surface area (Å²) in [4.78, 5) is 12.0. The second kappa shape index (κ2) is 8.51. The second-order valence-corrected chi connectivity index (χ2v) is 5.28. The van der Waals surface area contributed by atoms with Gasteiger partial charge in [0.05, 0.1) is 0 Å². The molecule has 1 saturated carbocycles. The third kappa shape index (κ3) is 5.53. The van der Waals surface area contributed by atoms with E-state index < -0.39 is 0 Å². The number of carbonyl (C=O) groups excluding carboxylic acids is 1. The topological polar surface area (TPSA) is 55.1 Å². The van der Waals surface area contributed by atoms with Crippen molar-refractivity contribution in [2.24, 2.45) is 17.6 Å².